The Morgan fingerprint density at radius 1 is 1.33 bits per heavy atom. The van der Waals surface area contributed by atoms with Gasteiger partial charge >= 0.3 is 0 Å². The molecule has 0 radical (unpaired) electrons. The standard InChI is InChI=1S/C11H19N3O/c1-8(2)15-7-11(12-4)10-6-13-9(3)5-14-10/h5-6,8,11-12H,7H2,1-4H3. The van der Waals surface area contributed by atoms with Crippen LogP contribution >= 0.6 is 0 Å². The number of hydrogen-bond acceptors (Lipinski definition) is 4. The number of hydrogen-bond donors (Lipinski definition) is 1. The second-order valence-electron chi connectivity index (χ2n) is 3.81. The largest absolute Gasteiger partial charge is 0.377 e. The van der Waals surface area contributed by atoms with E-state index in [0.717, 1.165) is 11.4 Å². The maximum Gasteiger partial charge on any atom is 0.0779 e. The van der Waals surface area contributed by atoms with E-state index in [9.17, 15) is 0 Å². The van der Waals surface area contributed by atoms with E-state index in [4.69, 9.17) is 4.74 Å². The van der Waals surface area contributed by atoms with Crippen molar-refractivity contribution in [2.24, 2.45) is 0 Å². The zero-order valence-electron chi connectivity index (χ0n) is 9.82. The molecular formula is C11H19N3O. The Morgan fingerprint density at radius 2 is 2.07 bits per heavy atom. The van der Waals surface area contributed by atoms with Crippen LogP contribution in [-0.4, -0.2) is 29.7 Å². The Hall–Kier alpha value is -1.00. The molecule has 1 unspecified atom stereocenters. The minimum atomic E-state index is 0.112. The van der Waals surface area contributed by atoms with Crippen molar-refractivity contribution in [3.63, 3.8) is 0 Å². The number of nitrogens with one attached hydrogen (secondary N) is 1. The summed E-state index contributed by atoms with van der Waals surface area (Å²) in [7, 11) is 1.90. The van der Waals surface area contributed by atoms with Crippen LogP contribution in [0.1, 0.15) is 31.3 Å². The molecule has 0 aromatic carbocycles. The molecule has 0 saturated carbocycles. The number of aromatic nitrogens is 2. The van der Waals surface area contributed by atoms with Crippen molar-refractivity contribution in [3.05, 3.63) is 23.8 Å². The van der Waals surface area contributed by atoms with Crippen molar-refractivity contribution < 1.29 is 4.74 Å². The lowest BCUT2D eigenvalue weighted by molar-refractivity contribution is 0.0618. The van der Waals surface area contributed by atoms with Crippen LogP contribution < -0.4 is 5.32 Å². The molecule has 4 nitrogen and oxygen atoms in total. The fraction of sp³-hybridized carbons (Fsp3) is 0.636. The highest BCUT2D eigenvalue weighted by Crippen LogP contribution is 2.09. The molecule has 1 atom stereocenters. The van der Waals surface area contributed by atoms with Crippen LogP contribution in [0.5, 0.6) is 0 Å². The molecule has 0 saturated heterocycles. The summed E-state index contributed by atoms with van der Waals surface area (Å²) in [5.74, 6) is 0. The number of rotatable bonds is 5. The molecule has 4 heteroatoms. The third-order valence-corrected chi connectivity index (χ3v) is 2.10. The zero-order chi connectivity index (χ0) is 11.3. The van der Waals surface area contributed by atoms with Crippen LogP contribution in [0.25, 0.3) is 0 Å². The van der Waals surface area contributed by atoms with E-state index in [2.05, 4.69) is 15.3 Å². The Bertz CT molecular complexity index is 284. The minimum absolute atomic E-state index is 0.112. The van der Waals surface area contributed by atoms with E-state index in [-0.39, 0.29) is 12.1 Å². The molecule has 0 aliphatic rings. The van der Waals surface area contributed by atoms with E-state index >= 15 is 0 Å². The van der Waals surface area contributed by atoms with Crippen LogP contribution in [-0.2, 0) is 4.74 Å². The number of aryl methyl sites for hydroxylation is 1. The summed E-state index contributed by atoms with van der Waals surface area (Å²) in [6.45, 7) is 6.59. The Labute approximate surface area is 91.1 Å². The molecule has 1 rings (SSSR count). The number of nitrogens with zero attached hydrogens (tertiary/aromatic N) is 2. The van der Waals surface area contributed by atoms with Gasteiger partial charge in [0.15, 0.2) is 0 Å². The highest BCUT2D eigenvalue weighted by molar-refractivity contribution is 5.05. The molecular weight excluding hydrogens is 190 g/mol. The SMILES string of the molecule is CNC(COC(C)C)c1cnc(C)cn1. The fourth-order valence-corrected chi connectivity index (χ4v) is 1.19. The van der Waals surface area contributed by atoms with Gasteiger partial charge in [-0.3, -0.25) is 9.97 Å². The van der Waals surface area contributed by atoms with Gasteiger partial charge in [-0.15, -0.1) is 0 Å². The predicted octanol–water partition coefficient (Wildman–Crippen LogP) is 1.47. The predicted molar refractivity (Wildman–Crippen MR) is 59.7 cm³/mol. The van der Waals surface area contributed by atoms with Crippen LogP contribution in [0.3, 0.4) is 0 Å². The summed E-state index contributed by atoms with van der Waals surface area (Å²) in [6, 6.07) is 0.112. The van der Waals surface area contributed by atoms with Crippen molar-refractivity contribution >= 4 is 0 Å². The maximum atomic E-state index is 5.55. The van der Waals surface area contributed by atoms with Gasteiger partial charge in [-0.05, 0) is 27.8 Å². The summed E-state index contributed by atoms with van der Waals surface area (Å²) in [5.41, 5.74) is 1.85. The fourth-order valence-electron chi connectivity index (χ4n) is 1.19. The molecule has 0 bridgehead atoms. The molecule has 1 aromatic heterocycles. The zero-order valence-corrected chi connectivity index (χ0v) is 9.82. The van der Waals surface area contributed by atoms with Crippen molar-refractivity contribution in [1.29, 1.82) is 0 Å². The minimum Gasteiger partial charge on any atom is -0.377 e. The highest BCUT2D eigenvalue weighted by Gasteiger charge is 2.11. The van der Waals surface area contributed by atoms with Crippen molar-refractivity contribution in [2.75, 3.05) is 13.7 Å². The van der Waals surface area contributed by atoms with Gasteiger partial charge in [0.1, 0.15) is 0 Å². The number of likely N-dealkylation sites (N-methyl/N-ethyl adjacent to an activating group) is 1. The second-order valence-corrected chi connectivity index (χ2v) is 3.81. The first kappa shape index (κ1) is 12.1. The summed E-state index contributed by atoms with van der Waals surface area (Å²) in [5, 5.41) is 3.17. The quantitative estimate of drug-likeness (QED) is 0.797. The molecule has 0 aliphatic heterocycles. The number of ether oxygens (including phenoxy) is 1. The van der Waals surface area contributed by atoms with Gasteiger partial charge < -0.3 is 10.1 Å². The smallest absolute Gasteiger partial charge is 0.0779 e. The molecule has 84 valence electrons. The Balaban J connectivity index is 2.61. The van der Waals surface area contributed by atoms with Crippen LogP contribution in [0, 0.1) is 6.92 Å². The van der Waals surface area contributed by atoms with Gasteiger partial charge in [0, 0.05) is 6.20 Å². The lowest BCUT2D eigenvalue weighted by Crippen LogP contribution is -2.24. The highest BCUT2D eigenvalue weighted by atomic mass is 16.5. The topological polar surface area (TPSA) is 47.0 Å². The average molecular weight is 209 g/mol. The van der Waals surface area contributed by atoms with E-state index in [1.54, 1.807) is 12.4 Å². The second kappa shape index (κ2) is 5.78. The van der Waals surface area contributed by atoms with Crippen molar-refractivity contribution in [2.45, 2.75) is 32.9 Å². The maximum absolute atomic E-state index is 5.55. The van der Waals surface area contributed by atoms with E-state index in [1.807, 2.05) is 27.8 Å². The Morgan fingerprint density at radius 3 is 2.53 bits per heavy atom. The van der Waals surface area contributed by atoms with Gasteiger partial charge in [0.05, 0.1) is 36.3 Å². The average Bonchev–Trinajstić information content (AvgIpc) is 2.21. The summed E-state index contributed by atoms with van der Waals surface area (Å²) >= 11 is 0. The van der Waals surface area contributed by atoms with Gasteiger partial charge in [-0.25, -0.2) is 0 Å². The molecule has 1 N–H and O–H groups in total. The lowest BCUT2D eigenvalue weighted by atomic mass is 10.2. The third-order valence-electron chi connectivity index (χ3n) is 2.10. The van der Waals surface area contributed by atoms with E-state index in [0.29, 0.717) is 6.61 Å². The van der Waals surface area contributed by atoms with Gasteiger partial charge in [0.25, 0.3) is 0 Å². The molecule has 15 heavy (non-hydrogen) atoms. The molecule has 1 aromatic rings. The van der Waals surface area contributed by atoms with Gasteiger partial charge in [-0.2, -0.15) is 0 Å². The van der Waals surface area contributed by atoms with Crippen molar-refractivity contribution in [3.8, 4) is 0 Å². The third kappa shape index (κ3) is 3.93. The summed E-state index contributed by atoms with van der Waals surface area (Å²) in [4.78, 5) is 8.54. The molecule has 0 fully saturated rings. The monoisotopic (exact) mass is 209 g/mol. The molecule has 0 spiro atoms. The van der Waals surface area contributed by atoms with Gasteiger partial charge in [-0.1, -0.05) is 0 Å². The normalized spacial score (nSPS) is 13.1. The molecule has 0 amide bonds. The van der Waals surface area contributed by atoms with Crippen molar-refractivity contribution in [1.82, 2.24) is 15.3 Å². The first-order valence-electron chi connectivity index (χ1n) is 5.21. The first-order chi connectivity index (χ1) is 7.13. The van der Waals surface area contributed by atoms with Crippen LogP contribution in [0.15, 0.2) is 12.4 Å². The lowest BCUT2D eigenvalue weighted by Gasteiger charge is -2.17. The molecule has 1 heterocycles. The summed E-state index contributed by atoms with van der Waals surface area (Å²) in [6.07, 6.45) is 3.80. The van der Waals surface area contributed by atoms with Crippen LogP contribution in [0.2, 0.25) is 0 Å². The van der Waals surface area contributed by atoms with E-state index in [1.165, 1.54) is 0 Å². The van der Waals surface area contributed by atoms with E-state index < -0.39 is 0 Å². The first-order valence-corrected chi connectivity index (χ1v) is 5.21. The van der Waals surface area contributed by atoms with Gasteiger partial charge in [0.2, 0.25) is 0 Å². The summed E-state index contributed by atoms with van der Waals surface area (Å²) < 4.78 is 5.55. The Kier molecular flexibility index (Phi) is 4.65. The van der Waals surface area contributed by atoms with Crippen LogP contribution in [0.4, 0.5) is 0 Å². The molecule has 0 aliphatic carbocycles.